The van der Waals surface area contributed by atoms with Crippen LogP contribution in [0.3, 0.4) is 0 Å². The van der Waals surface area contributed by atoms with Gasteiger partial charge in [-0.2, -0.15) is 0 Å². The number of amides is 1. The fourth-order valence-corrected chi connectivity index (χ4v) is 1.87. The molecule has 0 aliphatic heterocycles. The van der Waals surface area contributed by atoms with Crippen molar-refractivity contribution in [2.45, 2.75) is 52.2 Å². The first-order valence-corrected chi connectivity index (χ1v) is 7.51. The summed E-state index contributed by atoms with van der Waals surface area (Å²) in [5, 5.41) is 0.234. The molecule has 0 aromatic heterocycles. The number of rotatable bonds is 2. The Kier molecular flexibility index (Phi) is 3.51. The lowest BCUT2D eigenvalue weighted by atomic mass is 10.2. The number of carbonyl (C=O) groups is 1. The Morgan fingerprint density at radius 1 is 1.33 bits per heavy atom. The molecule has 0 saturated carbocycles. The highest BCUT2D eigenvalue weighted by atomic mass is 28.3. The van der Waals surface area contributed by atoms with Gasteiger partial charge >= 0.3 is 0 Å². The Balaban J connectivity index is 4.33. The van der Waals surface area contributed by atoms with Gasteiger partial charge in [0.05, 0.1) is 0 Å². The summed E-state index contributed by atoms with van der Waals surface area (Å²) < 4.78 is 0. The maximum Gasteiger partial charge on any atom is 0.211 e. The largest absolute Gasteiger partial charge is 0.382 e. The van der Waals surface area contributed by atoms with Crippen LogP contribution in [-0.2, 0) is 4.79 Å². The Bertz CT molecular complexity index is 170. The number of carbonyl (C=O) groups excluding carboxylic acids is 1. The minimum Gasteiger partial charge on any atom is -0.382 e. The maximum absolute atomic E-state index is 11.2. The molecule has 1 N–H and O–H groups in total. The Hall–Kier alpha value is -0.313. The van der Waals surface area contributed by atoms with Crippen molar-refractivity contribution in [3.63, 3.8) is 0 Å². The predicted octanol–water partition coefficient (Wildman–Crippen LogP) is 2.52. The molecule has 0 rings (SSSR count). The molecule has 72 valence electrons. The van der Waals surface area contributed by atoms with E-state index in [2.05, 4.69) is 38.8 Å². The molecule has 0 fully saturated rings. The van der Waals surface area contributed by atoms with E-state index in [1.54, 1.807) is 0 Å². The molecule has 0 aromatic carbocycles. The number of nitrogens with one attached hydrogen (secondary N) is 1. The Labute approximate surface area is 76.8 Å². The van der Waals surface area contributed by atoms with Gasteiger partial charge in [0.25, 0.3) is 0 Å². The van der Waals surface area contributed by atoms with E-state index in [4.69, 9.17) is 0 Å². The molecule has 0 aliphatic carbocycles. The first-order chi connectivity index (χ1) is 5.20. The molecule has 0 radical (unpaired) electrons. The van der Waals surface area contributed by atoms with Gasteiger partial charge in [0, 0.05) is 6.42 Å². The molecule has 0 bridgehead atoms. The summed E-state index contributed by atoms with van der Waals surface area (Å²) in [4.78, 5) is 14.3. The summed E-state index contributed by atoms with van der Waals surface area (Å²) in [5.74, 6) is 0.182. The molecule has 0 unspecified atom stereocenters. The summed E-state index contributed by atoms with van der Waals surface area (Å²) in [7, 11) is -1.59. The summed E-state index contributed by atoms with van der Waals surface area (Å²) >= 11 is 0. The van der Waals surface area contributed by atoms with E-state index in [9.17, 15) is 4.79 Å². The van der Waals surface area contributed by atoms with Crippen LogP contribution in [0.25, 0.3) is 0 Å². The molecule has 0 spiro atoms. The average molecular weight is 187 g/mol. The lowest BCUT2D eigenvalue weighted by Crippen LogP contribution is -2.54. The minimum absolute atomic E-state index is 0.182. The molecule has 3 heteroatoms. The van der Waals surface area contributed by atoms with Crippen LogP contribution in [0.15, 0.2) is 0 Å². The van der Waals surface area contributed by atoms with Gasteiger partial charge in [0.2, 0.25) is 5.91 Å². The first-order valence-electron chi connectivity index (χ1n) is 4.51. The summed E-state index contributed by atoms with van der Waals surface area (Å²) in [5.41, 5.74) is 0. The lowest BCUT2D eigenvalue weighted by Gasteiger charge is -2.36. The summed E-state index contributed by atoms with van der Waals surface area (Å²) in [6.07, 6.45) is 0.590. The van der Waals surface area contributed by atoms with Crippen LogP contribution in [0.2, 0.25) is 18.1 Å². The fraction of sp³-hybridized carbons (Fsp3) is 0.889. The van der Waals surface area contributed by atoms with E-state index in [1.165, 1.54) is 0 Å². The van der Waals surface area contributed by atoms with Crippen molar-refractivity contribution in [2.75, 3.05) is 0 Å². The second-order valence-electron chi connectivity index (χ2n) is 4.78. The van der Waals surface area contributed by atoms with Crippen molar-refractivity contribution >= 4 is 14.1 Å². The van der Waals surface area contributed by atoms with Gasteiger partial charge in [-0.1, -0.05) is 40.8 Å². The zero-order chi connectivity index (χ0) is 9.99. The van der Waals surface area contributed by atoms with Gasteiger partial charge in [0.15, 0.2) is 8.24 Å². The van der Waals surface area contributed by atoms with Crippen LogP contribution in [0.4, 0.5) is 0 Å². The van der Waals surface area contributed by atoms with Crippen LogP contribution >= 0.6 is 0 Å². The topological polar surface area (TPSA) is 29.1 Å². The second kappa shape index (κ2) is 3.60. The fourth-order valence-electron chi connectivity index (χ4n) is 0.624. The third-order valence-electron chi connectivity index (χ3n) is 2.65. The Morgan fingerprint density at radius 3 is 2.00 bits per heavy atom. The van der Waals surface area contributed by atoms with Crippen molar-refractivity contribution in [1.29, 1.82) is 0 Å². The van der Waals surface area contributed by atoms with Crippen LogP contribution in [0, 0.1) is 0 Å². The highest BCUT2D eigenvalue weighted by Crippen LogP contribution is 2.33. The van der Waals surface area contributed by atoms with Crippen LogP contribution in [0.1, 0.15) is 34.1 Å². The van der Waals surface area contributed by atoms with Gasteiger partial charge in [-0.3, -0.25) is 4.79 Å². The van der Waals surface area contributed by atoms with E-state index >= 15 is 0 Å². The van der Waals surface area contributed by atoms with Crippen LogP contribution < -0.4 is 4.98 Å². The average Bonchev–Trinajstić information content (AvgIpc) is 1.84. The molecule has 0 aromatic rings. The molecule has 0 aliphatic rings. The summed E-state index contributed by atoms with van der Waals surface area (Å²) in [6.45, 7) is 12.9. The van der Waals surface area contributed by atoms with E-state index in [-0.39, 0.29) is 10.9 Å². The molecule has 0 atom stereocenters. The molecule has 0 heterocycles. The minimum atomic E-state index is -1.59. The predicted molar refractivity (Wildman–Crippen MR) is 55.6 cm³/mol. The molecule has 2 nitrogen and oxygen atoms in total. The Morgan fingerprint density at radius 2 is 1.75 bits per heavy atom. The van der Waals surface area contributed by atoms with Crippen molar-refractivity contribution < 1.29 is 4.79 Å². The summed E-state index contributed by atoms with van der Waals surface area (Å²) in [6, 6.07) is 0. The number of hydrogen-bond acceptors (Lipinski definition) is 1. The van der Waals surface area contributed by atoms with E-state index in [0.29, 0.717) is 6.42 Å². The maximum atomic E-state index is 11.2. The van der Waals surface area contributed by atoms with E-state index in [0.717, 1.165) is 0 Å². The third kappa shape index (κ3) is 2.97. The van der Waals surface area contributed by atoms with Gasteiger partial charge in [-0.05, 0) is 5.04 Å². The standard InChI is InChI=1S/C9H21NOSi/c1-7-8(11)10-12(5,6)9(2,3)4/h7H2,1-6H3,(H,10,11). The highest BCUT2D eigenvalue weighted by molar-refractivity contribution is 6.79. The van der Waals surface area contributed by atoms with E-state index < -0.39 is 8.24 Å². The second-order valence-corrected chi connectivity index (χ2v) is 9.78. The molecular formula is C9H21NOSi. The first kappa shape index (κ1) is 11.7. The third-order valence-corrected chi connectivity index (χ3v) is 7.30. The monoisotopic (exact) mass is 187 g/mol. The van der Waals surface area contributed by atoms with E-state index in [1.807, 2.05) is 6.92 Å². The van der Waals surface area contributed by atoms with Crippen molar-refractivity contribution in [3.05, 3.63) is 0 Å². The number of hydrogen-bond donors (Lipinski definition) is 1. The quantitative estimate of drug-likeness (QED) is 0.661. The molecule has 1 amide bonds. The van der Waals surface area contributed by atoms with Crippen LogP contribution in [-0.4, -0.2) is 14.1 Å². The molecule has 12 heavy (non-hydrogen) atoms. The normalized spacial score (nSPS) is 12.8. The zero-order valence-electron chi connectivity index (χ0n) is 9.12. The SMILES string of the molecule is CCC(=O)N[Si](C)(C)C(C)(C)C. The van der Waals surface area contributed by atoms with Crippen molar-refractivity contribution in [3.8, 4) is 0 Å². The highest BCUT2D eigenvalue weighted by Gasteiger charge is 2.36. The van der Waals surface area contributed by atoms with Gasteiger partial charge in [-0.15, -0.1) is 0 Å². The van der Waals surface area contributed by atoms with Gasteiger partial charge < -0.3 is 4.98 Å². The molecule has 0 saturated heterocycles. The smallest absolute Gasteiger partial charge is 0.211 e. The molecular weight excluding hydrogens is 166 g/mol. The lowest BCUT2D eigenvalue weighted by molar-refractivity contribution is -0.119. The van der Waals surface area contributed by atoms with Crippen molar-refractivity contribution in [2.24, 2.45) is 0 Å². The van der Waals surface area contributed by atoms with Gasteiger partial charge in [-0.25, -0.2) is 0 Å². The zero-order valence-corrected chi connectivity index (χ0v) is 10.1. The van der Waals surface area contributed by atoms with Crippen LogP contribution in [0.5, 0.6) is 0 Å². The van der Waals surface area contributed by atoms with Crippen molar-refractivity contribution in [1.82, 2.24) is 4.98 Å². The van der Waals surface area contributed by atoms with Gasteiger partial charge in [0.1, 0.15) is 0 Å².